The Morgan fingerprint density at radius 2 is 1.74 bits per heavy atom. The molecule has 0 radical (unpaired) electrons. The van der Waals surface area contributed by atoms with E-state index in [0.29, 0.717) is 11.1 Å². The van der Waals surface area contributed by atoms with Crippen molar-refractivity contribution in [2.24, 2.45) is 0 Å². The van der Waals surface area contributed by atoms with E-state index < -0.39 is 9.84 Å². The standard InChI is InChI=1S/C17H14BrNO3S/c1-11-6-8-12(9-7-11)23(21,22)17-14(10-16(18)20)13-4-2-3-5-15(13)19-17/h2-9,19H,10H2,1H3. The van der Waals surface area contributed by atoms with Crippen molar-refractivity contribution in [1.82, 2.24) is 4.98 Å². The Bertz CT molecular complexity index is 988. The second-order valence-electron chi connectivity index (χ2n) is 5.33. The largest absolute Gasteiger partial charge is 0.345 e. The maximum atomic E-state index is 13.0. The van der Waals surface area contributed by atoms with Crippen LogP contribution in [0.3, 0.4) is 0 Å². The number of carbonyl (C=O) groups is 1. The minimum Gasteiger partial charge on any atom is -0.345 e. The number of rotatable bonds is 4. The molecule has 0 saturated carbocycles. The number of sulfone groups is 1. The number of aryl methyl sites for hydroxylation is 1. The lowest BCUT2D eigenvalue weighted by Gasteiger charge is -2.06. The number of aromatic nitrogens is 1. The van der Waals surface area contributed by atoms with E-state index >= 15 is 0 Å². The Morgan fingerprint density at radius 3 is 2.39 bits per heavy atom. The van der Waals surface area contributed by atoms with Gasteiger partial charge in [-0.15, -0.1) is 0 Å². The highest BCUT2D eigenvalue weighted by Crippen LogP contribution is 2.31. The Kier molecular flexibility index (Phi) is 4.12. The highest BCUT2D eigenvalue weighted by Gasteiger charge is 2.26. The zero-order valence-electron chi connectivity index (χ0n) is 12.3. The van der Waals surface area contributed by atoms with Gasteiger partial charge in [0.2, 0.25) is 14.5 Å². The van der Waals surface area contributed by atoms with Crippen LogP contribution in [0.15, 0.2) is 58.5 Å². The number of fused-ring (bicyclic) bond motifs is 1. The lowest BCUT2D eigenvalue weighted by molar-refractivity contribution is -0.109. The molecule has 1 N–H and O–H groups in total. The lowest BCUT2D eigenvalue weighted by Crippen LogP contribution is -2.07. The molecule has 23 heavy (non-hydrogen) atoms. The van der Waals surface area contributed by atoms with E-state index in [1.54, 1.807) is 30.3 Å². The van der Waals surface area contributed by atoms with Gasteiger partial charge in [0.15, 0.2) is 0 Å². The highest BCUT2D eigenvalue weighted by molar-refractivity contribution is 9.18. The molecular formula is C17H14BrNO3S. The number of halogens is 1. The lowest BCUT2D eigenvalue weighted by atomic mass is 10.1. The predicted octanol–water partition coefficient (Wildman–Crippen LogP) is 3.77. The summed E-state index contributed by atoms with van der Waals surface area (Å²) in [5.74, 6) is 0. The second kappa shape index (κ2) is 5.94. The molecule has 118 valence electrons. The van der Waals surface area contributed by atoms with E-state index in [1.807, 2.05) is 25.1 Å². The third kappa shape index (κ3) is 2.96. The van der Waals surface area contributed by atoms with Crippen LogP contribution < -0.4 is 0 Å². The van der Waals surface area contributed by atoms with E-state index in [0.717, 1.165) is 10.9 Å². The Balaban J connectivity index is 2.25. The summed E-state index contributed by atoms with van der Waals surface area (Å²) in [5.41, 5.74) is 2.17. The highest BCUT2D eigenvalue weighted by atomic mass is 79.9. The SMILES string of the molecule is Cc1ccc(S(=O)(=O)c2[nH]c3ccccc3c2CC(=O)Br)cc1. The molecular weight excluding hydrogens is 378 g/mol. The number of hydrogen-bond acceptors (Lipinski definition) is 3. The molecule has 3 rings (SSSR count). The van der Waals surface area contributed by atoms with Crippen LogP contribution in [-0.2, 0) is 21.1 Å². The fourth-order valence-corrected chi connectivity index (χ4v) is 4.32. The van der Waals surface area contributed by atoms with Crippen LogP contribution in [0.1, 0.15) is 11.1 Å². The van der Waals surface area contributed by atoms with E-state index in [-0.39, 0.29) is 21.0 Å². The summed E-state index contributed by atoms with van der Waals surface area (Å²) in [6.45, 7) is 1.90. The van der Waals surface area contributed by atoms with E-state index in [4.69, 9.17) is 0 Å². The van der Waals surface area contributed by atoms with Crippen LogP contribution in [-0.4, -0.2) is 18.1 Å². The molecule has 1 heterocycles. The van der Waals surface area contributed by atoms with Gasteiger partial charge in [-0.25, -0.2) is 8.42 Å². The van der Waals surface area contributed by atoms with Gasteiger partial charge in [-0.05, 0) is 41.1 Å². The number of aromatic amines is 1. The number of hydrogen-bond donors (Lipinski definition) is 1. The van der Waals surface area contributed by atoms with Gasteiger partial charge in [-0.1, -0.05) is 35.9 Å². The summed E-state index contributed by atoms with van der Waals surface area (Å²) >= 11 is 2.90. The topological polar surface area (TPSA) is 67.0 Å². The molecule has 3 aromatic rings. The van der Waals surface area contributed by atoms with Crippen molar-refractivity contribution in [2.75, 3.05) is 0 Å². The molecule has 4 nitrogen and oxygen atoms in total. The first-order valence-corrected chi connectivity index (χ1v) is 9.27. The summed E-state index contributed by atoms with van der Waals surface area (Å²) < 4.78 is 25.7. The number of para-hydroxylation sites is 1. The Hall–Kier alpha value is -1.92. The first-order chi connectivity index (χ1) is 10.9. The Morgan fingerprint density at radius 1 is 1.09 bits per heavy atom. The fourth-order valence-electron chi connectivity index (χ4n) is 2.55. The molecule has 0 fully saturated rings. The first kappa shape index (κ1) is 16.0. The first-order valence-electron chi connectivity index (χ1n) is 6.99. The van der Waals surface area contributed by atoms with E-state index in [2.05, 4.69) is 20.9 Å². The van der Waals surface area contributed by atoms with Crippen LogP contribution in [0.25, 0.3) is 10.9 Å². The molecule has 0 amide bonds. The van der Waals surface area contributed by atoms with Crippen molar-refractivity contribution < 1.29 is 13.2 Å². The van der Waals surface area contributed by atoms with Crippen LogP contribution in [0, 0.1) is 6.92 Å². The van der Waals surface area contributed by atoms with Crippen molar-refractivity contribution in [3.63, 3.8) is 0 Å². The summed E-state index contributed by atoms with van der Waals surface area (Å²) in [4.78, 5) is 14.7. The summed E-state index contributed by atoms with van der Waals surface area (Å²) in [7, 11) is -3.72. The molecule has 6 heteroatoms. The maximum Gasteiger partial charge on any atom is 0.222 e. The summed E-state index contributed by atoms with van der Waals surface area (Å²) in [6.07, 6.45) is 0.00440. The van der Waals surface area contributed by atoms with Gasteiger partial charge in [0, 0.05) is 22.9 Å². The number of nitrogens with one attached hydrogen (secondary N) is 1. The molecule has 0 saturated heterocycles. The molecule has 0 aliphatic heterocycles. The maximum absolute atomic E-state index is 13.0. The molecule has 0 bridgehead atoms. The summed E-state index contributed by atoms with van der Waals surface area (Å²) in [5, 5.41) is 0.821. The van der Waals surface area contributed by atoms with E-state index in [1.165, 1.54) is 0 Å². The van der Waals surface area contributed by atoms with Crippen molar-refractivity contribution in [3.8, 4) is 0 Å². The third-order valence-corrected chi connectivity index (χ3v) is 5.75. The Labute approximate surface area is 142 Å². The quantitative estimate of drug-likeness (QED) is 0.688. The van der Waals surface area contributed by atoms with Crippen LogP contribution >= 0.6 is 15.9 Å². The minimum atomic E-state index is -3.72. The van der Waals surface area contributed by atoms with Gasteiger partial charge >= 0.3 is 0 Å². The number of carbonyl (C=O) groups excluding carboxylic acids is 1. The van der Waals surface area contributed by atoms with Crippen LogP contribution in [0.2, 0.25) is 0 Å². The molecule has 0 atom stereocenters. The van der Waals surface area contributed by atoms with Gasteiger partial charge in [0.05, 0.1) is 4.90 Å². The molecule has 0 aliphatic carbocycles. The van der Waals surface area contributed by atoms with Gasteiger partial charge < -0.3 is 4.98 Å². The summed E-state index contributed by atoms with van der Waals surface area (Å²) in [6, 6.07) is 13.9. The third-order valence-electron chi connectivity index (χ3n) is 3.69. The normalized spacial score (nSPS) is 11.7. The molecule has 1 aromatic heterocycles. The zero-order chi connectivity index (χ0) is 16.6. The van der Waals surface area contributed by atoms with Crippen molar-refractivity contribution >= 4 is 41.4 Å². The van der Waals surface area contributed by atoms with Crippen LogP contribution in [0.5, 0.6) is 0 Å². The molecule has 0 unspecified atom stereocenters. The molecule has 2 aromatic carbocycles. The van der Waals surface area contributed by atoms with Gasteiger partial charge in [0.1, 0.15) is 5.03 Å². The van der Waals surface area contributed by atoms with Crippen molar-refractivity contribution in [3.05, 3.63) is 59.7 Å². The average molecular weight is 392 g/mol. The van der Waals surface area contributed by atoms with E-state index in [9.17, 15) is 13.2 Å². The predicted molar refractivity (Wildman–Crippen MR) is 92.6 cm³/mol. The van der Waals surface area contributed by atoms with Crippen molar-refractivity contribution in [1.29, 1.82) is 0 Å². The van der Waals surface area contributed by atoms with Crippen molar-refractivity contribution in [2.45, 2.75) is 23.3 Å². The zero-order valence-corrected chi connectivity index (χ0v) is 14.7. The molecule has 0 spiro atoms. The second-order valence-corrected chi connectivity index (χ2v) is 8.10. The average Bonchev–Trinajstić information content (AvgIpc) is 2.87. The smallest absolute Gasteiger partial charge is 0.222 e. The van der Waals surface area contributed by atoms with Crippen LogP contribution in [0.4, 0.5) is 0 Å². The monoisotopic (exact) mass is 391 g/mol. The fraction of sp³-hybridized carbons (Fsp3) is 0.118. The molecule has 0 aliphatic rings. The van der Waals surface area contributed by atoms with Gasteiger partial charge in [0.25, 0.3) is 0 Å². The number of benzene rings is 2. The van der Waals surface area contributed by atoms with Gasteiger partial charge in [-0.2, -0.15) is 0 Å². The van der Waals surface area contributed by atoms with Gasteiger partial charge in [-0.3, -0.25) is 4.79 Å². The number of H-pyrrole nitrogens is 1. The minimum absolute atomic E-state index is 0.00440.